The molecule has 0 radical (unpaired) electrons. The van der Waals surface area contributed by atoms with E-state index < -0.39 is 23.5 Å². The molecule has 0 aliphatic carbocycles. The Hall–Kier alpha value is -8.79. The summed E-state index contributed by atoms with van der Waals surface area (Å²) in [7, 11) is 0. The van der Waals surface area contributed by atoms with Crippen LogP contribution < -0.4 is 54.6 Å². The highest BCUT2D eigenvalue weighted by Crippen LogP contribution is 2.28. The fourth-order valence-corrected chi connectivity index (χ4v) is 6.15. The monoisotopic (exact) mass is 1020 g/mol. The van der Waals surface area contributed by atoms with Gasteiger partial charge < -0.3 is 68.7 Å². The number of H-pyrrole nitrogens is 2. The number of hydrogen-bond donors (Lipinski definition) is 16. The molecule has 18 N–H and O–H groups in total. The summed E-state index contributed by atoms with van der Waals surface area (Å²) in [4.78, 5) is 94.4. The SMILES string of the molecule is C=C/C(O)=C\C=C\NC(C)=O.CC1=C(C)C(O)C(C)N=C1N.Cc1nc(NC=O)c(CO)c(C)c1O.Cc1nc2c(cc1O)CNC(=O)N2.NCC1=CC(O)CN=C1NC=O.O=C1Cc2c([nH]c(=O)[nH]c2=O)N1. The van der Waals surface area contributed by atoms with Gasteiger partial charge in [0.25, 0.3) is 5.56 Å². The van der Waals surface area contributed by atoms with Crippen LogP contribution in [0.25, 0.3) is 0 Å². The Kier molecular flexibility index (Phi) is 24.3. The number of aliphatic imine (C=N–C) groups is 2. The number of nitrogens with two attached hydrogens (primary N) is 2. The minimum atomic E-state index is -0.610. The van der Waals surface area contributed by atoms with Gasteiger partial charge in [0.15, 0.2) is 0 Å². The smallest absolute Gasteiger partial charge is 0.327 e. The standard InChI is InChI=1S/C9H12N2O3.C8H9N3O2.C8H14N2O.C8H11NO2.C7H11N3O2.C6H5N3O3/c1-5-7(3-12)9(10-4-13)11-6(2)8(5)14;1-4-6(12)2-5-3-9-8(13)11-7(5)10-4;1-4-5(2)8(9)10-6(3)7(4)11;1-3-8(11)5-4-6-9-7(2)10;8-2-5-1-6(12)3-9-7(5)10-4-11;10-3-1-2-4(7-3)8-6(12)9-5(2)11/h4,12,14H,3H2,1-2H3,(H,10,11,13);2,12H,3H2,1H3,(H2,9,10,11,13);6-7,11H,1-3H3,(H2,9,10);3-6,11H,1H2,2H3,(H,9,10);1,4,6,12H,2-3,8H2,(H,9,10,11);1H2,(H3,7,8,9,10,11,12)/b;;;6-4+,8-5+;;. The maximum atomic E-state index is 11.0. The highest BCUT2D eigenvalue weighted by molar-refractivity contribution is 6.04. The minimum absolute atomic E-state index is 0.0292. The van der Waals surface area contributed by atoms with E-state index in [9.17, 15) is 48.9 Å². The van der Waals surface area contributed by atoms with Gasteiger partial charge in [-0.25, -0.2) is 19.6 Å². The molecule has 0 saturated carbocycles. The number of nitrogens with zero attached hydrogens (tertiary/aromatic N) is 4. The Morgan fingerprint density at radius 1 is 0.986 bits per heavy atom. The zero-order chi connectivity index (χ0) is 55.1. The molecule has 394 valence electrons. The predicted molar refractivity (Wildman–Crippen MR) is 271 cm³/mol. The van der Waals surface area contributed by atoms with Crippen molar-refractivity contribution in [2.75, 3.05) is 29.0 Å². The van der Waals surface area contributed by atoms with E-state index in [-0.39, 0.29) is 78.9 Å². The second kappa shape index (κ2) is 29.4. The molecular formula is C46H62N14O13. The van der Waals surface area contributed by atoms with Gasteiger partial charge in [-0.2, -0.15) is 0 Å². The van der Waals surface area contributed by atoms with Crippen LogP contribution in [0.1, 0.15) is 61.3 Å². The highest BCUT2D eigenvalue weighted by atomic mass is 16.3. The molecule has 0 bridgehead atoms. The lowest BCUT2D eigenvalue weighted by molar-refractivity contribution is -0.118. The lowest BCUT2D eigenvalue weighted by atomic mass is 9.97. The van der Waals surface area contributed by atoms with Gasteiger partial charge in [0.05, 0.1) is 54.8 Å². The molecule has 4 aliphatic heterocycles. The molecule has 4 aliphatic rings. The second-order valence-corrected chi connectivity index (χ2v) is 15.6. The van der Waals surface area contributed by atoms with E-state index in [4.69, 9.17) is 26.8 Å². The number of amidine groups is 2. The molecule has 3 atom stereocenters. The van der Waals surface area contributed by atoms with Crippen LogP contribution in [-0.4, -0.2) is 124 Å². The average Bonchev–Trinajstić information content (AvgIpc) is 3.73. The number of aliphatic hydroxyl groups excluding tert-OH is 4. The quantitative estimate of drug-likeness (QED) is 0.0792. The van der Waals surface area contributed by atoms with Crippen molar-refractivity contribution in [3.05, 3.63) is 120 Å². The molecule has 3 unspecified atom stereocenters. The number of urea groups is 1. The zero-order valence-corrected chi connectivity index (χ0v) is 41.1. The molecule has 3 aromatic heterocycles. The Morgan fingerprint density at radius 3 is 2.26 bits per heavy atom. The molecule has 0 fully saturated rings. The molecule has 27 nitrogen and oxygen atoms in total. The normalized spacial score (nSPS) is 17.1. The van der Waals surface area contributed by atoms with E-state index >= 15 is 0 Å². The molecular weight excluding hydrogens is 957 g/mol. The first kappa shape index (κ1) is 60.3. The number of aromatic hydroxyl groups is 2. The van der Waals surface area contributed by atoms with Gasteiger partial charge in [0, 0.05) is 48.5 Å². The van der Waals surface area contributed by atoms with Crippen LogP contribution in [0.4, 0.5) is 22.2 Å². The number of nitrogens with one attached hydrogen (secondary N) is 8. The second-order valence-electron chi connectivity index (χ2n) is 15.6. The number of pyridine rings is 2. The lowest BCUT2D eigenvalue weighted by Gasteiger charge is -2.23. The van der Waals surface area contributed by atoms with Gasteiger partial charge in [-0.15, -0.1) is 0 Å². The van der Waals surface area contributed by atoms with Gasteiger partial charge >= 0.3 is 11.7 Å². The fraction of sp³-hybridized carbons (Fsp3) is 0.326. The van der Waals surface area contributed by atoms with Crippen LogP contribution in [-0.2, 0) is 38.8 Å². The van der Waals surface area contributed by atoms with Crippen LogP contribution >= 0.6 is 0 Å². The van der Waals surface area contributed by atoms with Gasteiger partial charge in [0.2, 0.25) is 24.6 Å². The fourth-order valence-electron chi connectivity index (χ4n) is 6.15. The lowest BCUT2D eigenvalue weighted by Crippen LogP contribution is -2.34. The first-order chi connectivity index (χ1) is 34.4. The van der Waals surface area contributed by atoms with E-state index in [1.807, 2.05) is 25.8 Å². The third-order valence-corrected chi connectivity index (χ3v) is 10.3. The van der Waals surface area contributed by atoms with Crippen molar-refractivity contribution < 1.29 is 54.6 Å². The number of amides is 6. The number of dihydropyridines is 2. The van der Waals surface area contributed by atoms with Crippen LogP contribution in [0, 0.1) is 20.8 Å². The number of aromatic amines is 2. The topological polar surface area (TPSA) is 447 Å². The number of aliphatic hydroxyl groups is 4. The summed E-state index contributed by atoms with van der Waals surface area (Å²) < 4.78 is 0. The predicted octanol–water partition coefficient (Wildman–Crippen LogP) is -0.149. The Balaban J connectivity index is 0.000000301. The Labute approximate surface area is 417 Å². The maximum Gasteiger partial charge on any atom is 0.327 e. The van der Waals surface area contributed by atoms with Crippen molar-refractivity contribution in [1.29, 1.82) is 0 Å². The summed E-state index contributed by atoms with van der Waals surface area (Å²) in [6, 6.07) is 1.24. The van der Waals surface area contributed by atoms with Crippen LogP contribution in [0.2, 0.25) is 0 Å². The Morgan fingerprint density at radius 2 is 1.66 bits per heavy atom. The number of allylic oxidation sites excluding steroid dienone is 3. The molecule has 27 heteroatoms. The summed E-state index contributed by atoms with van der Waals surface area (Å²) in [6.07, 6.45) is 7.28. The molecule has 0 aromatic carbocycles. The van der Waals surface area contributed by atoms with Crippen molar-refractivity contribution >= 4 is 59.8 Å². The number of anilines is 3. The molecule has 6 amide bonds. The number of aromatic nitrogens is 4. The van der Waals surface area contributed by atoms with Gasteiger partial charge in [-0.1, -0.05) is 6.58 Å². The Bertz CT molecular complexity index is 2830. The van der Waals surface area contributed by atoms with Crippen molar-refractivity contribution in [3.63, 3.8) is 0 Å². The van der Waals surface area contributed by atoms with Crippen molar-refractivity contribution in [1.82, 2.24) is 35.9 Å². The summed E-state index contributed by atoms with van der Waals surface area (Å²) in [6.45, 7) is 16.0. The number of hydrogen-bond acceptors (Lipinski definition) is 19. The number of carbonyl (C=O) groups excluding carboxylic acids is 5. The molecule has 0 spiro atoms. The van der Waals surface area contributed by atoms with Crippen LogP contribution in [0.15, 0.2) is 85.2 Å². The summed E-state index contributed by atoms with van der Waals surface area (Å²) in [5.41, 5.74) is 15.4. The highest BCUT2D eigenvalue weighted by Gasteiger charge is 2.23. The molecule has 7 rings (SSSR count). The minimum Gasteiger partial charge on any atom is -0.508 e. The average molecular weight is 1020 g/mol. The third kappa shape index (κ3) is 18.8. The largest absolute Gasteiger partial charge is 0.508 e. The van der Waals surface area contributed by atoms with E-state index in [2.05, 4.69) is 63.4 Å². The zero-order valence-electron chi connectivity index (χ0n) is 41.1. The number of fused-ring (bicyclic) bond motifs is 2. The number of aryl methyl sites for hydroxylation is 2. The van der Waals surface area contributed by atoms with E-state index in [1.54, 1.807) is 32.9 Å². The molecule has 3 aromatic rings. The van der Waals surface area contributed by atoms with Gasteiger partial charge in [-0.05, 0) is 83.1 Å². The van der Waals surface area contributed by atoms with Gasteiger partial charge in [-0.3, -0.25) is 49.2 Å². The summed E-state index contributed by atoms with van der Waals surface area (Å²) in [5, 5.41) is 70.1. The summed E-state index contributed by atoms with van der Waals surface area (Å²) >= 11 is 0. The molecule has 0 saturated heterocycles. The van der Waals surface area contributed by atoms with E-state index in [0.29, 0.717) is 70.5 Å². The van der Waals surface area contributed by atoms with Crippen molar-refractivity contribution in [2.24, 2.45) is 21.5 Å². The van der Waals surface area contributed by atoms with E-state index in [1.165, 1.54) is 31.4 Å². The first-order valence-corrected chi connectivity index (χ1v) is 21.8. The van der Waals surface area contributed by atoms with E-state index in [0.717, 1.165) is 16.7 Å². The van der Waals surface area contributed by atoms with Crippen molar-refractivity contribution in [3.8, 4) is 11.5 Å². The van der Waals surface area contributed by atoms with Crippen LogP contribution in [0.5, 0.6) is 11.5 Å². The number of rotatable bonds is 8. The third-order valence-electron chi connectivity index (χ3n) is 10.3. The maximum absolute atomic E-state index is 11.0. The molecule has 73 heavy (non-hydrogen) atoms. The first-order valence-electron chi connectivity index (χ1n) is 21.8. The van der Waals surface area contributed by atoms with Gasteiger partial charge in [0.1, 0.15) is 46.4 Å². The van der Waals surface area contributed by atoms with Crippen LogP contribution in [0.3, 0.4) is 0 Å². The molecule has 7 heterocycles. The number of carbonyl (C=O) groups is 5. The van der Waals surface area contributed by atoms with Crippen molar-refractivity contribution in [2.45, 2.75) is 86.3 Å². The summed E-state index contributed by atoms with van der Waals surface area (Å²) in [5.74, 6) is 1.88.